The maximum absolute atomic E-state index is 10.8. The molecular weight excluding hydrogens is 361 g/mol. The highest BCUT2D eigenvalue weighted by Crippen LogP contribution is 2.23. The second kappa shape index (κ2) is 6.19. The van der Waals surface area contributed by atoms with Crippen LogP contribution >= 0.6 is 34.4 Å². The minimum Gasteiger partial charge on any atom is -0.477 e. The molecule has 18 heavy (non-hydrogen) atoms. The summed E-state index contributed by atoms with van der Waals surface area (Å²) in [5, 5.41) is 8.85. The van der Waals surface area contributed by atoms with Crippen LogP contribution in [-0.2, 0) is 5.75 Å². The largest absolute Gasteiger partial charge is 0.477 e. The Morgan fingerprint density at radius 3 is 2.67 bits per heavy atom. The van der Waals surface area contributed by atoms with Crippen molar-refractivity contribution in [3.63, 3.8) is 0 Å². The number of hydrogen-bond acceptors (Lipinski definition) is 3. The van der Waals surface area contributed by atoms with Crippen molar-refractivity contribution in [1.82, 2.24) is 4.98 Å². The molecule has 0 saturated carbocycles. The lowest BCUT2D eigenvalue weighted by molar-refractivity contribution is 0.0690. The molecule has 1 aromatic carbocycles. The van der Waals surface area contributed by atoms with Gasteiger partial charge in [0.1, 0.15) is 5.69 Å². The SMILES string of the molecule is O=C(O)c1cc(SCc2ccc(I)cc2)ccn1. The molecule has 2 aromatic rings. The van der Waals surface area contributed by atoms with Crippen LogP contribution in [0.15, 0.2) is 47.5 Å². The van der Waals surface area contributed by atoms with E-state index < -0.39 is 5.97 Å². The van der Waals surface area contributed by atoms with Crippen LogP contribution in [-0.4, -0.2) is 16.1 Å². The number of aromatic carboxylic acids is 1. The number of hydrogen-bond donors (Lipinski definition) is 1. The molecule has 0 fully saturated rings. The van der Waals surface area contributed by atoms with E-state index in [0.29, 0.717) is 0 Å². The first-order valence-electron chi connectivity index (χ1n) is 5.22. The number of halogens is 1. The molecule has 0 unspecified atom stereocenters. The van der Waals surface area contributed by atoms with Gasteiger partial charge in [-0.1, -0.05) is 12.1 Å². The molecule has 0 saturated heterocycles. The van der Waals surface area contributed by atoms with Crippen LogP contribution in [0.3, 0.4) is 0 Å². The predicted molar refractivity (Wildman–Crippen MR) is 79.9 cm³/mol. The zero-order valence-corrected chi connectivity index (χ0v) is 12.3. The molecule has 0 radical (unpaired) electrons. The summed E-state index contributed by atoms with van der Waals surface area (Å²) in [5.41, 5.74) is 1.30. The van der Waals surface area contributed by atoms with Gasteiger partial charge in [0.2, 0.25) is 0 Å². The molecule has 3 nitrogen and oxygen atoms in total. The van der Waals surface area contributed by atoms with Gasteiger partial charge in [-0.25, -0.2) is 9.78 Å². The number of benzene rings is 1. The lowest BCUT2D eigenvalue weighted by Crippen LogP contribution is -1.99. The number of carboxylic acids is 1. The van der Waals surface area contributed by atoms with Crippen molar-refractivity contribution in [2.45, 2.75) is 10.6 Å². The van der Waals surface area contributed by atoms with Gasteiger partial charge in [-0.3, -0.25) is 0 Å². The molecule has 0 aliphatic rings. The van der Waals surface area contributed by atoms with E-state index in [4.69, 9.17) is 5.11 Å². The topological polar surface area (TPSA) is 50.2 Å². The zero-order valence-electron chi connectivity index (χ0n) is 9.34. The Morgan fingerprint density at radius 2 is 2.00 bits per heavy atom. The standard InChI is InChI=1S/C13H10INO2S/c14-10-3-1-9(2-4-10)8-18-11-5-6-15-12(7-11)13(16)17/h1-7H,8H2,(H,16,17). The quantitative estimate of drug-likeness (QED) is 0.658. The normalized spacial score (nSPS) is 10.3. The molecule has 0 aliphatic heterocycles. The van der Waals surface area contributed by atoms with Crippen LogP contribution in [0.2, 0.25) is 0 Å². The van der Waals surface area contributed by atoms with Crippen LogP contribution in [0, 0.1) is 3.57 Å². The van der Waals surface area contributed by atoms with Gasteiger partial charge in [0.05, 0.1) is 0 Å². The van der Waals surface area contributed by atoms with Crippen molar-refractivity contribution in [2.75, 3.05) is 0 Å². The third-order valence-electron chi connectivity index (χ3n) is 2.27. The fraction of sp³-hybridized carbons (Fsp3) is 0.0769. The molecule has 92 valence electrons. The van der Waals surface area contributed by atoms with E-state index in [2.05, 4.69) is 51.8 Å². The number of rotatable bonds is 4. The first-order chi connectivity index (χ1) is 8.65. The molecule has 0 bridgehead atoms. The molecule has 0 spiro atoms. The Bertz CT molecular complexity index is 557. The third-order valence-corrected chi connectivity index (χ3v) is 4.05. The fourth-order valence-corrected chi connectivity index (χ4v) is 2.60. The number of aromatic nitrogens is 1. The number of pyridine rings is 1. The maximum Gasteiger partial charge on any atom is 0.354 e. The minimum absolute atomic E-state index is 0.0858. The van der Waals surface area contributed by atoms with Gasteiger partial charge in [0, 0.05) is 20.4 Å². The Hall–Kier alpha value is -1.08. The van der Waals surface area contributed by atoms with Crippen LogP contribution in [0.1, 0.15) is 16.1 Å². The van der Waals surface area contributed by atoms with Crippen LogP contribution in [0.5, 0.6) is 0 Å². The first kappa shape index (κ1) is 13.4. The summed E-state index contributed by atoms with van der Waals surface area (Å²) in [6.45, 7) is 0. The van der Waals surface area contributed by atoms with E-state index in [1.165, 1.54) is 15.3 Å². The van der Waals surface area contributed by atoms with Crippen molar-refractivity contribution in [3.8, 4) is 0 Å². The summed E-state index contributed by atoms with van der Waals surface area (Å²) in [6.07, 6.45) is 1.53. The summed E-state index contributed by atoms with van der Waals surface area (Å²) in [5.74, 6) is -0.174. The van der Waals surface area contributed by atoms with E-state index in [1.54, 1.807) is 17.8 Å². The molecule has 0 aliphatic carbocycles. The average Bonchev–Trinajstić information content (AvgIpc) is 2.38. The highest BCUT2D eigenvalue weighted by molar-refractivity contribution is 14.1. The van der Waals surface area contributed by atoms with Gasteiger partial charge in [-0.15, -0.1) is 11.8 Å². The lowest BCUT2D eigenvalue weighted by Gasteiger charge is -2.03. The highest BCUT2D eigenvalue weighted by Gasteiger charge is 2.05. The van der Waals surface area contributed by atoms with Gasteiger partial charge in [-0.2, -0.15) is 0 Å². The maximum atomic E-state index is 10.8. The summed E-state index contributed by atoms with van der Waals surface area (Å²) >= 11 is 3.87. The number of carboxylic acid groups (broad SMARTS) is 1. The Balaban J connectivity index is 2.04. The highest BCUT2D eigenvalue weighted by atomic mass is 127. The van der Waals surface area contributed by atoms with Crippen molar-refractivity contribution in [1.29, 1.82) is 0 Å². The molecule has 5 heteroatoms. The van der Waals surface area contributed by atoms with Crippen LogP contribution in [0.4, 0.5) is 0 Å². The number of carbonyl (C=O) groups is 1. The van der Waals surface area contributed by atoms with E-state index in [-0.39, 0.29) is 5.69 Å². The molecular formula is C13H10INO2S. The van der Waals surface area contributed by atoms with Gasteiger partial charge in [0.25, 0.3) is 0 Å². The minimum atomic E-state index is -0.994. The molecule has 1 heterocycles. The number of nitrogens with zero attached hydrogens (tertiary/aromatic N) is 1. The molecule has 0 atom stereocenters. The van der Waals surface area contributed by atoms with Gasteiger partial charge in [-0.05, 0) is 52.4 Å². The van der Waals surface area contributed by atoms with Crippen molar-refractivity contribution in [2.24, 2.45) is 0 Å². The second-order valence-electron chi connectivity index (χ2n) is 3.60. The molecule has 1 aromatic heterocycles. The summed E-state index contributed by atoms with van der Waals surface area (Å²) in [7, 11) is 0. The Labute approximate surface area is 123 Å². The molecule has 2 rings (SSSR count). The van der Waals surface area contributed by atoms with E-state index >= 15 is 0 Å². The lowest BCUT2D eigenvalue weighted by atomic mass is 10.2. The van der Waals surface area contributed by atoms with E-state index in [1.807, 2.05) is 6.07 Å². The van der Waals surface area contributed by atoms with Crippen LogP contribution in [0.25, 0.3) is 0 Å². The molecule has 1 N–H and O–H groups in total. The van der Waals surface area contributed by atoms with Gasteiger partial charge >= 0.3 is 5.97 Å². The summed E-state index contributed by atoms with van der Waals surface area (Å²) < 4.78 is 1.21. The second-order valence-corrected chi connectivity index (χ2v) is 5.89. The van der Waals surface area contributed by atoms with Gasteiger partial charge in [0.15, 0.2) is 0 Å². The Morgan fingerprint density at radius 1 is 1.28 bits per heavy atom. The number of thioether (sulfide) groups is 1. The fourth-order valence-electron chi connectivity index (χ4n) is 1.37. The Kier molecular flexibility index (Phi) is 4.60. The molecule has 0 amide bonds. The van der Waals surface area contributed by atoms with Crippen LogP contribution < -0.4 is 0 Å². The van der Waals surface area contributed by atoms with Gasteiger partial charge < -0.3 is 5.11 Å². The summed E-state index contributed by atoms with van der Waals surface area (Å²) in [4.78, 5) is 15.5. The average molecular weight is 371 g/mol. The van der Waals surface area contributed by atoms with Crippen molar-refractivity contribution >= 4 is 40.3 Å². The zero-order chi connectivity index (χ0) is 13.0. The smallest absolute Gasteiger partial charge is 0.354 e. The van der Waals surface area contributed by atoms with E-state index in [0.717, 1.165) is 10.6 Å². The monoisotopic (exact) mass is 371 g/mol. The predicted octanol–water partition coefficient (Wildman–Crippen LogP) is 3.68. The van der Waals surface area contributed by atoms with E-state index in [9.17, 15) is 4.79 Å². The third kappa shape index (κ3) is 3.71. The first-order valence-corrected chi connectivity index (χ1v) is 7.28. The van der Waals surface area contributed by atoms with Crippen molar-refractivity contribution < 1.29 is 9.90 Å². The van der Waals surface area contributed by atoms with Crippen molar-refractivity contribution in [3.05, 3.63) is 57.4 Å². The summed E-state index contributed by atoms with van der Waals surface area (Å²) in [6, 6.07) is 11.7.